The van der Waals surface area contributed by atoms with Crippen molar-refractivity contribution >= 4 is 0 Å². The van der Waals surface area contributed by atoms with E-state index in [0.717, 1.165) is 0 Å². The molecule has 4 atom stereocenters. The Labute approximate surface area is 132 Å². The van der Waals surface area contributed by atoms with Crippen molar-refractivity contribution in [2.45, 2.75) is 51.0 Å². The summed E-state index contributed by atoms with van der Waals surface area (Å²) in [6.45, 7) is 4.18. The molecule has 0 bridgehead atoms. The van der Waals surface area contributed by atoms with Crippen LogP contribution in [0.1, 0.15) is 39.3 Å². The molecule has 23 heavy (non-hydrogen) atoms. The van der Waals surface area contributed by atoms with E-state index in [0.29, 0.717) is 25.8 Å². The molecule has 1 aromatic rings. The van der Waals surface area contributed by atoms with Gasteiger partial charge in [0.15, 0.2) is 6.23 Å². The van der Waals surface area contributed by atoms with Gasteiger partial charge in [-0.2, -0.15) is 0 Å². The smallest absolute Gasteiger partial charge is 0.330 e. The second-order valence-corrected chi connectivity index (χ2v) is 5.78. The highest BCUT2D eigenvalue weighted by atomic mass is 16.5. The van der Waals surface area contributed by atoms with Gasteiger partial charge in [0.25, 0.3) is 5.56 Å². The highest BCUT2D eigenvalue weighted by Crippen LogP contribution is 2.45. The fourth-order valence-corrected chi connectivity index (χ4v) is 3.19. The topological polar surface area (TPSA) is 133 Å². The van der Waals surface area contributed by atoms with E-state index in [-0.39, 0.29) is 5.92 Å². The Bertz CT molecular complexity index is 708. The van der Waals surface area contributed by atoms with Gasteiger partial charge < -0.3 is 9.84 Å². The predicted molar refractivity (Wildman–Crippen MR) is 82.9 cm³/mol. The van der Waals surface area contributed by atoms with Gasteiger partial charge >= 0.3 is 5.69 Å². The van der Waals surface area contributed by atoms with E-state index >= 15 is 0 Å². The number of H-pyrrole nitrogens is 1. The molecular weight excluding hydrogens is 302 g/mol. The summed E-state index contributed by atoms with van der Waals surface area (Å²) in [5, 5.41) is 14.0. The van der Waals surface area contributed by atoms with Crippen molar-refractivity contribution in [2.24, 2.45) is 11.0 Å². The van der Waals surface area contributed by atoms with E-state index in [1.165, 1.54) is 16.8 Å². The lowest BCUT2D eigenvalue weighted by Crippen LogP contribution is -2.36. The summed E-state index contributed by atoms with van der Waals surface area (Å²) in [4.78, 5) is 28.0. The van der Waals surface area contributed by atoms with Crippen LogP contribution in [0, 0.1) is 5.92 Å². The molecule has 1 aromatic heterocycles. The van der Waals surface area contributed by atoms with Gasteiger partial charge in [-0.3, -0.25) is 14.3 Å². The molecule has 1 fully saturated rings. The molecule has 0 saturated carbocycles. The van der Waals surface area contributed by atoms with Crippen LogP contribution >= 0.6 is 0 Å². The van der Waals surface area contributed by atoms with Crippen LogP contribution in [-0.4, -0.2) is 32.9 Å². The average Bonchev–Trinajstić information content (AvgIpc) is 2.77. The number of aliphatic hydroxyl groups is 1. The van der Waals surface area contributed by atoms with Crippen LogP contribution in [0.2, 0.25) is 0 Å². The van der Waals surface area contributed by atoms with Gasteiger partial charge in [0, 0.05) is 29.6 Å². The number of hydrogen-bond acceptors (Lipinski definition) is 5. The Balaban J connectivity index is 2.26. The maximum atomic E-state index is 11.9. The second kappa shape index (κ2) is 6.99. The lowest BCUT2D eigenvalue weighted by atomic mass is 9.81. The van der Waals surface area contributed by atoms with E-state index in [9.17, 15) is 14.7 Å². The molecular formula is C14H21N5O4. The standard InChI is InChI=1S/C14H21N5O4/c1-3-14(6-4-7-16-18-15)9(2)11(21)12(23-14)19-8-5-10(20)17-13(19)22/h5,8-9,11-12,21H,3-4,6-7H2,1-2H3,(H,17,20,22)/t9?,11-,12+,14-/m0/s1. The van der Waals surface area contributed by atoms with E-state index in [4.69, 9.17) is 10.3 Å². The molecule has 2 heterocycles. The van der Waals surface area contributed by atoms with Crippen LogP contribution in [0.3, 0.4) is 0 Å². The minimum absolute atomic E-state index is 0.206. The first-order valence-corrected chi connectivity index (χ1v) is 7.63. The Kier molecular flexibility index (Phi) is 5.25. The summed E-state index contributed by atoms with van der Waals surface area (Å²) in [6, 6.07) is 1.22. The summed E-state index contributed by atoms with van der Waals surface area (Å²) in [7, 11) is 0. The van der Waals surface area contributed by atoms with Gasteiger partial charge in [-0.1, -0.05) is 19.0 Å². The highest BCUT2D eigenvalue weighted by molar-refractivity contribution is 4.99. The summed E-state index contributed by atoms with van der Waals surface area (Å²) in [6.07, 6.45) is 1.48. The van der Waals surface area contributed by atoms with Crippen molar-refractivity contribution in [3.8, 4) is 0 Å². The predicted octanol–water partition coefficient (Wildman–Crippen LogP) is 1.30. The number of nitrogens with one attached hydrogen (secondary N) is 1. The Morgan fingerprint density at radius 2 is 2.30 bits per heavy atom. The number of rotatable bonds is 6. The molecule has 0 aliphatic carbocycles. The number of aromatic nitrogens is 2. The quantitative estimate of drug-likeness (QED) is 0.353. The summed E-state index contributed by atoms with van der Waals surface area (Å²) in [5.74, 6) is -0.206. The number of hydrogen-bond donors (Lipinski definition) is 2. The molecule has 0 aromatic carbocycles. The summed E-state index contributed by atoms with van der Waals surface area (Å²) < 4.78 is 7.27. The van der Waals surface area contributed by atoms with Crippen molar-refractivity contribution < 1.29 is 9.84 Å². The van der Waals surface area contributed by atoms with Gasteiger partial charge in [-0.15, -0.1) is 0 Å². The van der Waals surface area contributed by atoms with Crippen molar-refractivity contribution in [2.75, 3.05) is 6.54 Å². The average molecular weight is 323 g/mol. The maximum Gasteiger partial charge on any atom is 0.330 e. The molecule has 1 unspecified atom stereocenters. The molecule has 0 spiro atoms. The summed E-state index contributed by atoms with van der Waals surface area (Å²) >= 11 is 0. The van der Waals surface area contributed by atoms with Gasteiger partial charge in [0.2, 0.25) is 0 Å². The lowest BCUT2D eigenvalue weighted by Gasteiger charge is -2.32. The van der Waals surface area contributed by atoms with Gasteiger partial charge in [0.1, 0.15) is 6.10 Å². The summed E-state index contributed by atoms with van der Waals surface area (Å²) in [5.41, 5.74) is 6.62. The molecule has 2 N–H and O–H groups in total. The molecule has 1 aliphatic rings. The maximum absolute atomic E-state index is 11.9. The first kappa shape index (κ1) is 17.3. The first-order valence-electron chi connectivity index (χ1n) is 7.63. The van der Waals surface area contributed by atoms with Crippen molar-refractivity contribution in [3.63, 3.8) is 0 Å². The monoisotopic (exact) mass is 323 g/mol. The Morgan fingerprint density at radius 1 is 1.57 bits per heavy atom. The van der Waals surface area contributed by atoms with Crippen LogP contribution in [0.5, 0.6) is 0 Å². The molecule has 126 valence electrons. The Morgan fingerprint density at radius 3 is 2.91 bits per heavy atom. The SMILES string of the molecule is CC[C@@]1(CCCN=[N+]=[N-])O[C@@H](n2ccc(=O)[nH]c2=O)[C@@H](O)C1C. The third-order valence-corrected chi connectivity index (χ3v) is 4.63. The van der Waals surface area contributed by atoms with Crippen LogP contribution in [0.15, 0.2) is 27.0 Å². The fraction of sp³-hybridized carbons (Fsp3) is 0.714. The van der Waals surface area contributed by atoms with E-state index in [1.54, 1.807) is 0 Å². The molecule has 0 amide bonds. The van der Waals surface area contributed by atoms with Gasteiger partial charge in [-0.25, -0.2) is 4.79 Å². The van der Waals surface area contributed by atoms with E-state index in [2.05, 4.69) is 15.0 Å². The molecule has 1 saturated heterocycles. The van der Waals surface area contributed by atoms with Crippen LogP contribution in [0.4, 0.5) is 0 Å². The minimum Gasteiger partial charge on any atom is -0.388 e. The normalized spacial score (nSPS) is 30.1. The number of ether oxygens (including phenoxy) is 1. The molecule has 0 radical (unpaired) electrons. The number of nitrogens with zero attached hydrogens (tertiary/aromatic N) is 4. The lowest BCUT2D eigenvalue weighted by molar-refractivity contribution is -0.101. The Hall–Kier alpha value is -2.09. The third kappa shape index (κ3) is 3.31. The minimum atomic E-state index is -0.877. The first-order chi connectivity index (χ1) is 10.9. The molecule has 9 nitrogen and oxygen atoms in total. The van der Waals surface area contributed by atoms with Gasteiger partial charge in [-0.05, 0) is 24.8 Å². The van der Waals surface area contributed by atoms with Crippen LogP contribution < -0.4 is 11.2 Å². The van der Waals surface area contributed by atoms with E-state index < -0.39 is 29.2 Å². The second-order valence-electron chi connectivity index (χ2n) is 5.78. The third-order valence-electron chi connectivity index (χ3n) is 4.63. The largest absolute Gasteiger partial charge is 0.388 e. The van der Waals surface area contributed by atoms with Crippen molar-refractivity contribution in [3.05, 3.63) is 43.5 Å². The number of azide groups is 1. The molecule has 9 heteroatoms. The van der Waals surface area contributed by atoms with Crippen LogP contribution in [-0.2, 0) is 4.74 Å². The van der Waals surface area contributed by atoms with Crippen molar-refractivity contribution in [1.82, 2.24) is 9.55 Å². The van der Waals surface area contributed by atoms with Gasteiger partial charge in [0.05, 0.1) is 5.60 Å². The van der Waals surface area contributed by atoms with Crippen LogP contribution in [0.25, 0.3) is 10.4 Å². The zero-order valence-corrected chi connectivity index (χ0v) is 13.2. The van der Waals surface area contributed by atoms with E-state index in [1.807, 2.05) is 13.8 Å². The number of aliphatic hydroxyl groups excluding tert-OH is 1. The fourth-order valence-electron chi connectivity index (χ4n) is 3.19. The zero-order valence-electron chi connectivity index (χ0n) is 13.2. The van der Waals surface area contributed by atoms with Crippen molar-refractivity contribution in [1.29, 1.82) is 0 Å². The molecule has 1 aliphatic heterocycles. The zero-order chi connectivity index (χ0) is 17.0. The highest BCUT2D eigenvalue weighted by Gasteiger charge is 2.51. The molecule has 2 rings (SSSR count). The number of aromatic amines is 1.